The zero-order valence-electron chi connectivity index (χ0n) is 16.3. The molecule has 9 nitrogen and oxygen atoms in total. The molecule has 0 aromatic carbocycles. The van der Waals surface area contributed by atoms with Crippen molar-refractivity contribution in [3.63, 3.8) is 0 Å². The van der Waals surface area contributed by atoms with Crippen molar-refractivity contribution in [1.82, 2.24) is 30.6 Å². The summed E-state index contributed by atoms with van der Waals surface area (Å²) in [5, 5.41) is 15.2. The van der Waals surface area contributed by atoms with E-state index >= 15 is 0 Å². The number of hydrogen-bond donors (Lipinski definition) is 3. The van der Waals surface area contributed by atoms with E-state index < -0.39 is 18.0 Å². The predicted octanol–water partition coefficient (Wildman–Crippen LogP) is 0.991. The fraction of sp³-hybridized carbons (Fsp3) is 0.579. The lowest BCUT2D eigenvalue weighted by atomic mass is 9.94. The van der Waals surface area contributed by atoms with Crippen molar-refractivity contribution >= 4 is 11.8 Å². The third-order valence-electron chi connectivity index (χ3n) is 5.05. The normalized spacial score (nSPS) is 25.2. The quantitative estimate of drug-likeness (QED) is 0.662. The fourth-order valence-electron chi connectivity index (χ4n) is 3.64. The number of carbonyl (C=O) groups excluding carboxylic acids is 2. The van der Waals surface area contributed by atoms with Crippen LogP contribution in [0.1, 0.15) is 51.8 Å². The highest BCUT2D eigenvalue weighted by Crippen LogP contribution is 2.36. The summed E-state index contributed by atoms with van der Waals surface area (Å²) in [6.45, 7) is 6.64. The standard InChI is InChI=1S/C19H26N6O3/c1-19(2,3)10-24-14-8-12(13-9-20-6-7-21-13)23-25(14)18(28)15(17(24)27)16(26)22-11-4-5-11/h6-7,9,11-12,14,23,27H,4-5,8,10H2,1-3H3,(H,22,26). The van der Waals surface area contributed by atoms with Crippen molar-refractivity contribution in [3.8, 4) is 0 Å². The van der Waals surface area contributed by atoms with E-state index in [1.54, 1.807) is 23.5 Å². The van der Waals surface area contributed by atoms with Crippen molar-refractivity contribution in [3.05, 3.63) is 35.7 Å². The van der Waals surface area contributed by atoms with Gasteiger partial charge in [0.05, 0.1) is 17.9 Å². The Bertz CT molecular complexity index is 815. The van der Waals surface area contributed by atoms with E-state index in [-0.39, 0.29) is 29.0 Å². The Hall–Kier alpha value is -2.68. The molecule has 1 saturated carbocycles. The van der Waals surface area contributed by atoms with E-state index in [4.69, 9.17) is 0 Å². The lowest BCUT2D eigenvalue weighted by Crippen LogP contribution is -2.58. The second-order valence-electron chi connectivity index (χ2n) is 8.84. The molecule has 0 spiro atoms. The number of fused-ring (bicyclic) bond motifs is 1. The van der Waals surface area contributed by atoms with Crippen molar-refractivity contribution < 1.29 is 14.7 Å². The van der Waals surface area contributed by atoms with Gasteiger partial charge in [0.15, 0.2) is 5.57 Å². The van der Waals surface area contributed by atoms with Crippen LogP contribution in [-0.2, 0) is 9.59 Å². The van der Waals surface area contributed by atoms with Crippen molar-refractivity contribution in [2.24, 2.45) is 5.41 Å². The van der Waals surface area contributed by atoms with E-state index in [1.807, 2.05) is 20.8 Å². The van der Waals surface area contributed by atoms with Crippen LogP contribution in [0.15, 0.2) is 30.0 Å². The van der Waals surface area contributed by atoms with Gasteiger partial charge in [0.1, 0.15) is 6.17 Å². The molecule has 1 saturated heterocycles. The molecule has 2 atom stereocenters. The number of carbonyl (C=O) groups is 2. The maximum atomic E-state index is 13.1. The van der Waals surface area contributed by atoms with Crippen LogP contribution in [0.25, 0.3) is 0 Å². The molecule has 1 aromatic heterocycles. The minimum absolute atomic E-state index is 0.0910. The Morgan fingerprint density at radius 3 is 2.71 bits per heavy atom. The van der Waals surface area contributed by atoms with E-state index in [1.165, 1.54) is 5.01 Å². The largest absolute Gasteiger partial charge is 0.494 e. The molecule has 9 heteroatoms. The highest BCUT2D eigenvalue weighted by Gasteiger charge is 2.49. The predicted molar refractivity (Wildman–Crippen MR) is 100 cm³/mol. The summed E-state index contributed by atoms with van der Waals surface area (Å²) in [6.07, 6.45) is 6.78. The summed E-state index contributed by atoms with van der Waals surface area (Å²) < 4.78 is 0. The smallest absolute Gasteiger partial charge is 0.280 e. The van der Waals surface area contributed by atoms with E-state index in [0.29, 0.717) is 18.7 Å². The summed E-state index contributed by atoms with van der Waals surface area (Å²) in [7, 11) is 0. The minimum atomic E-state index is -0.521. The van der Waals surface area contributed by atoms with Crippen molar-refractivity contribution in [2.45, 2.75) is 58.3 Å². The van der Waals surface area contributed by atoms with Crippen molar-refractivity contribution in [2.75, 3.05) is 6.54 Å². The molecule has 2 unspecified atom stereocenters. The first-order chi connectivity index (χ1) is 13.2. The Balaban J connectivity index is 1.67. The Morgan fingerprint density at radius 1 is 1.36 bits per heavy atom. The fourth-order valence-corrected chi connectivity index (χ4v) is 3.64. The molecule has 2 fully saturated rings. The van der Waals surface area contributed by atoms with Gasteiger partial charge in [-0.2, -0.15) is 0 Å². The topological polar surface area (TPSA) is 111 Å². The molecule has 1 aromatic rings. The molecule has 3 N–H and O–H groups in total. The number of aliphatic hydroxyl groups is 1. The highest BCUT2D eigenvalue weighted by molar-refractivity contribution is 6.19. The number of amides is 2. The second-order valence-corrected chi connectivity index (χ2v) is 8.84. The molecule has 1 aliphatic carbocycles. The first-order valence-corrected chi connectivity index (χ1v) is 9.61. The zero-order chi connectivity index (χ0) is 20.1. The monoisotopic (exact) mass is 386 g/mol. The number of aromatic nitrogens is 2. The van der Waals surface area contributed by atoms with Gasteiger partial charge in [-0.1, -0.05) is 20.8 Å². The number of nitrogens with zero attached hydrogens (tertiary/aromatic N) is 4. The molecular formula is C19H26N6O3. The van der Waals surface area contributed by atoms with Gasteiger partial charge in [0, 0.05) is 31.4 Å². The van der Waals surface area contributed by atoms with E-state index in [9.17, 15) is 14.7 Å². The third kappa shape index (κ3) is 3.54. The number of rotatable bonds is 4. The molecule has 4 rings (SSSR count). The molecule has 0 bridgehead atoms. The van der Waals surface area contributed by atoms with Crippen LogP contribution in [0, 0.1) is 5.41 Å². The first-order valence-electron chi connectivity index (χ1n) is 9.61. The summed E-state index contributed by atoms with van der Waals surface area (Å²) in [5.41, 5.74) is 3.52. The zero-order valence-corrected chi connectivity index (χ0v) is 16.3. The van der Waals surface area contributed by atoms with Crippen LogP contribution in [0.5, 0.6) is 0 Å². The number of nitrogens with one attached hydrogen (secondary N) is 2. The molecular weight excluding hydrogens is 360 g/mol. The SMILES string of the molecule is CC(C)(C)CN1C(O)=C(C(=O)NC2CC2)C(=O)N2NC(c3cnccn3)CC12. The average molecular weight is 386 g/mol. The van der Waals surface area contributed by atoms with Gasteiger partial charge in [-0.3, -0.25) is 19.6 Å². The number of hydrogen-bond acceptors (Lipinski definition) is 7. The van der Waals surface area contributed by atoms with Crippen LogP contribution < -0.4 is 10.7 Å². The second kappa shape index (κ2) is 6.73. The van der Waals surface area contributed by atoms with Gasteiger partial charge in [0.2, 0.25) is 5.88 Å². The van der Waals surface area contributed by atoms with Crippen LogP contribution in [0.3, 0.4) is 0 Å². The average Bonchev–Trinajstić information content (AvgIpc) is 3.32. The van der Waals surface area contributed by atoms with Gasteiger partial charge in [-0.25, -0.2) is 10.4 Å². The maximum Gasteiger partial charge on any atom is 0.280 e. The van der Waals surface area contributed by atoms with Gasteiger partial charge >= 0.3 is 0 Å². The molecule has 0 radical (unpaired) electrons. The van der Waals surface area contributed by atoms with Gasteiger partial charge in [0.25, 0.3) is 11.8 Å². The first kappa shape index (κ1) is 18.7. The summed E-state index contributed by atoms with van der Waals surface area (Å²) in [4.78, 5) is 35.9. The molecule has 3 aliphatic rings. The molecule has 28 heavy (non-hydrogen) atoms. The van der Waals surface area contributed by atoms with Crippen LogP contribution in [0.2, 0.25) is 0 Å². The minimum Gasteiger partial charge on any atom is -0.494 e. The maximum absolute atomic E-state index is 13.1. The van der Waals surface area contributed by atoms with Gasteiger partial charge in [-0.05, 0) is 18.3 Å². The number of aliphatic hydroxyl groups excluding tert-OH is 1. The highest BCUT2D eigenvalue weighted by atomic mass is 16.3. The van der Waals surface area contributed by atoms with Crippen LogP contribution in [0.4, 0.5) is 0 Å². The lowest BCUT2D eigenvalue weighted by Gasteiger charge is -2.42. The Morgan fingerprint density at radius 2 is 2.11 bits per heavy atom. The van der Waals surface area contributed by atoms with Crippen LogP contribution >= 0.6 is 0 Å². The summed E-state index contributed by atoms with van der Waals surface area (Å²) >= 11 is 0. The third-order valence-corrected chi connectivity index (χ3v) is 5.05. The van der Waals surface area contributed by atoms with E-state index in [2.05, 4.69) is 20.7 Å². The lowest BCUT2D eigenvalue weighted by molar-refractivity contribution is -0.142. The summed E-state index contributed by atoms with van der Waals surface area (Å²) in [6, 6.07) is -0.142. The molecule has 2 aliphatic heterocycles. The summed E-state index contributed by atoms with van der Waals surface area (Å²) in [5.74, 6) is -1.29. The van der Waals surface area contributed by atoms with E-state index in [0.717, 1.165) is 12.8 Å². The molecule has 3 heterocycles. The van der Waals surface area contributed by atoms with Gasteiger partial charge in [-0.15, -0.1) is 0 Å². The van der Waals surface area contributed by atoms with Crippen LogP contribution in [-0.4, -0.2) is 55.6 Å². The molecule has 150 valence electrons. The van der Waals surface area contributed by atoms with Crippen molar-refractivity contribution in [1.29, 1.82) is 0 Å². The Kier molecular flexibility index (Phi) is 4.49. The van der Waals surface area contributed by atoms with Gasteiger partial charge < -0.3 is 15.3 Å². The number of hydrazine groups is 1. The molecule has 2 amide bonds. The Labute approximate surface area is 163 Å².